The van der Waals surface area contributed by atoms with Crippen molar-refractivity contribution >= 4 is 0 Å². The van der Waals surface area contributed by atoms with E-state index in [-0.39, 0.29) is 0 Å². The van der Waals surface area contributed by atoms with E-state index in [1.807, 2.05) is 24.5 Å². The zero-order valence-corrected chi connectivity index (χ0v) is 15.7. The van der Waals surface area contributed by atoms with E-state index in [1.54, 1.807) is 0 Å². The average Bonchev–Trinajstić information content (AvgIpc) is 3.19. The van der Waals surface area contributed by atoms with Gasteiger partial charge >= 0.3 is 0 Å². The molecule has 1 saturated heterocycles. The van der Waals surface area contributed by atoms with Crippen LogP contribution in [0, 0.1) is 0 Å². The molecule has 1 aliphatic rings. The smallest absolute Gasteiger partial charge is 0.137 e. The molecule has 0 N–H and O–H groups in total. The number of piperazine rings is 1. The van der Waals surface area contributed by atoms with Crippen molar-refractivity contribution in [2.45, 2.75) is 19.4 Å². The molecule has 140 valence electrons. The van der Waals surface area contributed by atoms with Crippen LogP contribution in [-0.4, -0.2) is 57.3 Å². The number of rotatable bonds is 7. The minimum absolute atomic E-state index is 0.957. The molecule has 5 nitrogen and oxygen atoms in total. The molecule has 0 aliphatic carbocycles. The standard InChI is InChI=1S/C22H27N5/c1-3-8-20(9-4-1)18-26-16-14-25(15-17-26)13-7-12-22-24-23-19-27(22)21-10-5-2-6-11-21/h1-6,8-11,19H,7,12-18H2. The largest absolute Gasteiger partial charge is 0.301 e. The fraction of sp³-hybridized carbons (Fsp3) is 0.364. The fourth-order valence-corrected chi connectivity index (χ4v) is 3.71. The van der Waals surface area contributed by atoms with E-state index in [1.165, 1.54) is 5.56 Å². The summed E-state index contributed by atoms with van der Waals surface area (Å²) in [6, 6.07) is 21.1. The number of aromatic nitrogens is 3. The first kappa shape index (κ1) is 17.9. The van der Waals surface area contributed by atoms with Gasteiger partial charge in [-0.3, -0.25) is 9.47 Å². The van der Waals surface area contributed by atoms with Crippen molar-refractivity contribution in [2.75, 3.05) is 32.7 Å². The van der Waals surface area contributed by atoms with Crippen molar-refractivity contribution in [3.05, 3.63) is 78.4 Å². The molecule has 0 radical (unpaired) electrons. The van der Waals surface area contributed by atoms with Gasteiger partial charge in [0.2, 0.25) is 0 Å². The van der Waals surface area contributed by atoms with Crippen LogP contribution in [0.4, 0.5) is 0 Å². The van der Waals surface area contributed by atoms with Gasteiger partial charge in [-0.2, -0.15) is 0 Å². The highest BCUT2D eigenvalue weighted by Crippen LogP contribution is 2.12. The lowest BCUT2D eigenvalue weighted by Gasteiger charge is -2.34. The molecule has 4 rings (SSSR count). The molecule has 0 bridgehead atoms. The van der Waals surface area contributed by atoms with E-state index < -0.39 is 0 Å². The van der Waals surface area contributed by atoms with Crippen LogP contribution in [-0.2, 0) is 13.0 Å². The molecule has 27 heavy (non-hydrogen) atoms. The molecule has 3 aromatic rings. The number of hydrogen-bond donors (Lipinski definition) is 0. The summed E-state index contributed by atoms with van der Waals surface area (Å²) in [6.45, 7) is 6.79. The van der Waals surface area contributed by atoms with Gasteiger partial charge < -0.3 is 4.90 Å². The number of nitrogens with zero attached hydrogens (tertiary/aromatic N) is 5. The van der Waals surface area contributed by atoms with E-state index in [9.17, 15) is 0 Å². The first-order chi connectivity index (χ1) is 13.4. The van der Waals surface area contributed by atoms with Gasteiger partial charge in [0.15, 0.2) is 0 Å². The monoisotopic (exact) mass is 361 g/mol. The van der Waals surface area contributed by atoms with E-state index in [0.717, 1.165) is 63.6 Å². The third kappa shape index (κ3) is 4.81. The minimum atomic E-state index is 0.957. The first-order valence-electron chi connectivity index (χ1n) is 9.81. The highest BCUT2D eigenvalue weighted by Gasteiger charge is 2.17. The Morgan fingerprint density at radius 3 is 2.19 bits per heavy atom. The van der Waals surface area contributed by atoms with Crippen molar-refractivity contribution in [1.29, 1.82) is 0 Å². The molecular formula is C22H27N5. The molecule has 0 unspecified atom stereocenters. The van der Waals surface area contributed by atoms with Gasteiger partial charge in [-0.25, -0.2) is 0 Å². The van der Waals surface area contributed by atoms with E-state index >= 15 is 0 Å². The number of aryl methyl sites for hydroxylation is 1. The third-order valence-corrected chi connectivity index (χ3v) is 5.24. The lowest BCUT2D eigenvalue weighted by Crippen LogP contribution is -2.46. The van der Waals surface area contributed by atoms with Crippen LogP contribution in [0.25, 0.3) is 5.69 Å². The van der Waals surface area contributed by atoms with Gasteiger partial charge in [-0.1, -0.05) is 48.5 Å². The molecule has 1 fully saturated rings. The predicted molar refractivity (Wildman–Crippen MR) is 108 cm³/mol. The molecule has 0 saturated carbocycles. The summed E-state index contributed by atoms with van der Waals surface area (Å²) in [5.74, 6) is 1.05. The van der Waals surface area contributed by atoms with Crippen LogP contribution in [0.5, 0.6) is 0 Å². The summed E-state index contributed by atoms with van der Waals surface area (Å²) >= 11 is 0. The van der Waals surface area contributed by atoms with E-state index in [4.69, 9.17) is 0 Å². The molecule has 0 atom stereocenters. The maximum Gasteiger partial charge on any atom is 0.137 e. The Labute approximate surface area is 161 Å². The van der Waals surface area contributed by atoms with Gasteiger partial charge in [0.1, 0.15) is 12.2 Å². The maximum absolute atomic E-state index is 4.32. The first-order valence-corrected chi connectivity index (χ1v) is 9.81. The van der Waals surface area contributed by atoms with Crippen molar-refractivity contribution in [3.63, 3.8) is 0 Å². The quantitative estimate of drug-likeness (QED) is 0.648. The minimum Gasteiger partial charge on any atom is -0.301 e. The van der Waals surface area contributed by atoms with Crippen LogP contribution in [0.3, 0.4) is 0 Å². The molecule has 1 aliphatic heterocycles. The van der Waals surface area contributed by atoms with Gasteiger partial charge in [0.05, 0.1) is 0 Å². The Balaban J connectivity index is 1.22. The van der Waals surface area contributed by atoms with Crippen molar-refractivity contribution in [2.24, 2.45) is 0 Å². The number of benzene rings is 2. The molecular weight excluding hydrogens is 334 g/mol. The van der Waals surface area contributed by atoms with Gasteiger partial charge in [-0.05, 0) is 30.7 Å². The zero-order valence-electron chi connectivity index (χ0n) is 15.7. The van der Waals surface area contributed by atoms with Crippen LogP contribution in [0.1, 0.15) is 17.8 Å². The summed E-state index contributed by atoms with van der Waals surface area (Å²) in [6.07, 6.45) is 3.89. The average molecular weight is 361 g/mol. The SMILES string of the molecule is c1ccc(CN2CCN(CCCc3nncn3-c3ccccc3)CC2)cc1. The Hall–Kier alpha value is -2.50. The van der Waals surface area contributed by atoms with E-state index in [2.05, 4.69) is 67.0 Å². The third-order valence-electron chi connectivity index (χ3n) is 5.24. The molecule has 0 spiro atoms. The van der Waals surface area contributed by atoms with Gasteiger partial charge in [0.25, 0.3) is 0 Å². The zero-order chi connectivity index (χ0) is 18.3. The molecule has 2 aromatic carbocycles. The summed E-state index contributed by atoms with van der Waals surface area (Å²) in [5, 5.41) is 8.43. The highest BCUT2D eigenvalue weighted by atomic mass is 15.3. The Morgan fingerprint density at radius 1 is 0.778 bits per heavy atom. The second-order valence-electron chi connectivity index (χ2n) is 7.16. The van der Waals surface area contributed by atoms with Crippen molar-refractivity contribution in [3.8, 4) is 5.69 Å². The number of para-hydroxylation sites is 1. The van der Waals surface area contributed by atoms with Gasteiger partial charge in [-0.15, -0.1) is 10.2 Å². The summed E-state index contributed by atoms with van der Waals surface area (Å²) in [7, 11) is 0. The molecule has 2 heterocycles. The van der Waals surface area contributed by atoms with Gasteiger partial charge in [0, 0.05) is 44.8 Å². The molecule has 1 aromatic heterocycles. The summed E-state index contributed by atoms with van der Waals surface area (Å²) in [4.78, 5) is 5.13. The van der Waals surface area contributed by atoms with Crippen LogP contribution in [0.2, 0.25) is 0 Å². The Morgan fingerprint density at radius 2 is 1.44 bits per heavy atom. The van der Waals surface area contributed by atoms with Crippen LogP contribution < -0.4 is 0 Å². The molecule has 5 heteroatoms. The maximum atomic E-state index is 4.32. The fourth-order valence-electron chi connectivity index (χ4n) is 3.71. The Bertz CT molecular complexity index is 807. The predicted octanol–water partition coefficient (Wildman–Crippen LogP) is 3.02. The van der Waals surface area contributed by atoms with Crippen molar-refractivity contribution < 1.29 is 0 Å². The Kier molecular flexibility index (Phi) is 5.92. The second-order valence-corrected chi connectivity index (χ2v) is 7.16. The normalized spacial score (nSPS) is 15.9. The van der Waals surface area contributed by atoms with Crippen LogP contribution >= 0.6 is 0 Å². The lowest BCUT2D eigenvalue weighted by molar-refractivity contribution is 0.126. The summed E-state index contributed by atoms with van der Waals surface area (Å²) in [5.41, 5.74) is 2.54. The van der Waals surface area contributed by atoms with Crippen LogP contribution in [0.15, 0.2) is 67.0 Å². The lowest BCUT2D eigenvalue weighted by atomic mass is 10.2. The number of hydrogen-bond acceptors (Lipinski definition) is 4. The van der Waals surface area contributed by atoms with E-state index in [0.29, 0.717) is 0 Å². The van der Waals surface area contributed by atoms with Crippen molar-refractivity contribution in [1.82, 2.24) is 24.6 Å². The molecule has 0 amide bonds. The second kappa shape index (κ2) is 8.93. The summed E-state index contributed by atoms with van der Waals surface area (Å²) < 4.78 is 2.10. The highest BCUT2D eigenvalue weighted by molar-refractivity contribution is 5.31. The topological polar surface area (TPSA) is 37.2 Å².